The van der Waals surface area contributed by atoms with Crippen LogP contribution in [0.15, 0.2) is 97.1 Å². The summed E-state index contributed by atoms with van der Waals surface area (Å²) in [5.41, 5.74) is 2.27. The number of unbranched alkanes of at least 4 members (excludes halogenated alkanes) is 2. The molecule has 0 aliphatic carbocycles. The standard InChI is InChI=1S/C43H47N5O7/c1-45-24-26-47(27-25-45)39(49)20-7-4-12-28-55-38-19-11-10-18-37(38)46(2)41(51)35-22-21-32(30-36(35)44-40(50)31-14-5-3-6-15-31)54-29-13-23-48-42(52)33-16-8-9-17-34(33)43(48)53/h3,5-6,8-11,14-19,21-22,30H,4,7,12-13,20,23-29H2,1-2H3,(H,44,50). The molecule has 0 aromatic heterocycles. The minimum absolute atomic E-state index is 0.184. The Morgan fingerprint density at radius 3 is 2.11 bits per heavy atom. The van der Waals surface area contributed by atoms with Gasteiger partial charge in [0.1, 0.15) is 11.5 Å². The minimum atomic E-state index is -0.394. The summed E-state index contributed by atoms with van der Waals surface area (Å²) in [4.78, 5) is 72.4. The SMILES string of the molecule is CN1CCN(C(=O)CCCCCOc2ccccc2N(C)C(=O)c2ccc(OCCCN3C(=O)c4ccccc4C3=O)cc2NC(=O)c2ccccc2)CC1. The van der Waals surface area contributed by atoms with Gasteiger partial charge in [-0.3, -0.25) is 28.9 Å². The molecule has 0 saturated carbocycles. The van der Waals surface area contributed by atoms with E-state index < -0.39 is 5.91 Å². The number of rotatable bonds is 16. The molecule has 2 aliphatic heterocycles. The Morgan fingerprint density at radius 1 is 0.727 bits per heavy atom. The van der Waals surface area contributed by atoms with Crippen molar-refractivity contribution in [3.63, 3.8) is 0 Å². The van der Waals surface area contributed by atoms with Gasteiger partial charge in [0.25, 0.3) is 23.6 Å². The number of piperazine rings is 1. The summed E-state index contributed by atoms with van der Waals surface area (Å²) in [6.45, 7) is 4.18. The molecular weight excluding hydrogens is 699 g/mol. The third-order valence-electron chi connectivity index (χ3n) is 9.86. The third kappa shape index (κ3) is 9.57. The van der Waals surface area contributed by atoms with Gasteiger partial charge in [0.05, 0.1) is 41.3 Å². The van der Waals surface area contributed by atoms with E-state index in [1.807, 2.05) is 29.2 Å². The number of fused-ring (bicyclic) bond motifs is 1. The van der Waals surface area contributed by atoms with Crippen molar-refractivity contribution in [3.05, 3.63) is 119 Å². The van der Waals surface area contributed by atoms with E-state index in [0.717, 1.165) is 45.4 Å². The molecule has 2 aliphatic rings. The molecule has 4 aromatic carbocycles. The number of nitrogens with one attached hydrogen (secondary N) is 1. The lowest BCUT2D eigenvalue weighted by molar-refractivity contribution is -0.132. The van der Waals surface area contributed by atoms with Gasteiger partial charge in [-0.2, -0.15) is 0 Å². The molecule has 0 unspecified atom stereocenters. The Bertz CT molecular complexity index is 1980. The minimum Gasteiger partial charge on any atom is -0.493 e. The molecule has 12 heteroatoms. The number of ether oxygens (including phenoxy) is 2. The highest BCUT2D eigenvalue weighted by Gasteiger charge is 2.34. The fraction of sp³-hybridized carbons (Fsp3) is 0.326. The van der Waals surface area contributed by atoms with Gasteiger partial charge in [-0.15, -0.1) is 0 Å². The van der Waals surface area contributed by atoms with Crippen LogP contribution in [0.25, 0.3) is 0 Å². The number of hydrogen-bond acceptors (Lipinski definition) is 8. The number of hydrogen-bond donors (Lipinski definition) is 1. The molecule has 5 amide bonds. The zero-order chi connectivity index (χ0) is 38.7. The molecule has 4 aromatic rings. The second-order valence-corrected chi connectivity index (χ2v) is 13.7. The van der Waals surface area contributed by atoms with E-state index in [0.29, 0.717) is 53.3 Å². The summed E-state index contributed by atoms with van der Waals surface area (Å²) >= 11 is 0. The first-order valence-corrected chi connectivity index (χ1v) is 18.8. The topological polar surface area (TPSA) is 129 Å². The Kier molecular flexibility index (Phi) is 12.9. The quantitative estimate of drug-likeness (QED) is 0.109. The number of nitrogens with zero attached hydrogens (tertiary/aromatic N) is 4. The first kappa shape index (κ1) is 38.7. The highest BCUT2D eigenvalue weighted by Crippen LogP contribution is 2.32. The van der Waals surface area contributed by atoms with Crippen LogP contribution in [0.1, 0.15) is 73.5 Å². The fourth-order valence-electron chi connectivity index (χ4n) is 6.64. The highest BCUT2D eigenvalue weighted by atomic mass is 16.5. The summed E-state index contributed by atoms with van der Waals surface area (Å²) in [5, 5.41) is 2.89. The molecule has 1 fully saturated rings. The van der Waals surface area contributed by atoms with Crippen molar-refractivity contribution in [1.29, 1.82) is 0 Å². The summed E-state index contributed by atoms with van der Waals surface area (Å²) < 4.78 is 12.1. The van der Waals surface area contributed by atoms with Crippen molar-refractivity contribution in [2.45, 2.75) is 32.1 Å². The molecule has 0 radical (unpaired) electrons. The lowest BCUT2D eigenvalue weighted by Crippen LogP contribution is -2.47. The first-order chi connectivity index (χ1) is 26.7. The first-order valence-electron chi connectivity index (χ1n) is 18.8. The maximum atomic E-state index is 14.1. The Balaban J connectivity index is 1.07. The molecule has 6 rings (SSSR count). The van der Waals surface area contributed by atoms with Gasteiger partial charge in [0, 0.05) is 57.8 Å². The van der Waals surface area contributed by atoms with Gasteiger partial charge >= 0.3 is 0 Å². The maximum Gasteiger partial charge on any atom is 0.261 e. The molecule has 0 spiro atoms. The number of para-hydroxylation sites is 2. The predicted octanol–water partition coefficient (Wildman–Crippen LogP) is 5.99. The van der Waals surface area contributed by atoms with E-state index >= 15 is 0 Å². The Hall–Kier alpha value is -6.01. The van der Waals surface area contributed by atoms with E-state index in [9.17, 15) is 24.0 Å². The maximum absolute atomic E-state index is 14.1. The lowest BCUT2D eigenvalue weighted by Gasteiger charge is -2.32. The highest BCUT2D eigenvalue weighted by molar-refractivity contribution is 6.21. The Morgan fingerprint density at radius 2 is 1.38 bits per heavy atom. The average molecular weight is 746 g/mol. The monoisotopic (exact) mass is 745 g/mol. The van der Waals surface area contributed by atoms with Crippen molar-refractivity contribution < 1.29 is 33.4 Å². The van der Waals surface area contributed by atoms with E-state index in [4.69, 9.17) is 9.47 Å². The molecule has 55 heavy (non-hydrogen) atoms. The number of anilines is 2. The number of carbonyl (C=O) groups excluding carboxylic acids is 5. The number of imide groups is 1. The fourth-order valence-corrected chi connectivity index (χ4v) is 6.64. The number of likely N-dealkylation sites (N-methyl/N-ethyl adjacent to an activating group) is 1. The van der Waals surface area contributed by atoms with Crippen molar-refractivity contribution in [2.75, 3.05) is 70.2 Å². The van der Waals surface area contributed by atoms with Crippen LogP contribution >= 0.6 is 0 Å². The van der Waals surface area contributed by atoms with Crippen LogP contribution in [0, 0.1) is 0 Å². The van der Waals surface area contributed by atoms with Crippen molar-refractivity contribution >= 4 is 40.9 Å². The second kappa shape index (κ2) is 18.4. The van der Waals surface area contributed by atoms with E-state index in [-0.39, 0.29) is 48.0 Å². The summed E-state index contributed by atoms with van der Waals surface area (Å²) in [6, 6.07) is 27.6. The van der Waals surface area contributed by atoms with Crippen molar-refractivity contribution in [2.24, 2.45) is 0 Å². The number of carbonyl (C=O) groups is 5. The average Bonchev–Trinajstić information content (AvgIpc) is 3.45. The van der Waals surface area contributed by atoms with Crippen LogP contribution in [0.3, 0.4) is 0 Å². The summed E-state index contributed by atoms with van der Waals surface area (Å²) in [5.74, 6) is -0.268. The van der Waals surface area contributed by atoms with Gasteiger partial charge in [-0.25, -0.2) is 0 Å². The predicted molar refractivity (Wildman–Crippen MR) is 210 cm³/mol. The van der Waals surface area contributed by atoms with Crippen LogP contribution in [0.2, 0.25) is 0 Å². The molecule has 0 bridgehead atoms. The van der Waals surface area contributed by atoms with Crippen LogP contribution in [-0.2, 0) is 4.79 Å². The normalized spacial score (nSPS) is 14.1. The van der Waals surface area contributed by atoms with Gasteiger partial charge in [0.15, 0.2) is 0 Å². The van der Waals surface area contributed by atoms with Crippen LogP contribution < -0.4 is 19.7 Å². The van der Waals surface area contributed by atoms with Gasteiger partial charge in [-0.1, -0.05) is 42.5 Å². The van der Waals surface area contributed by atoms with Crippen molar-refractivity contribution in [3.8, 4) is 11.5 Å². The van der Waals surface area contributed by atoms with Crippen LogP contribution in [-0.4, -0.2) is 104 Å². The number of amides is 5. The van der Waals surface area contributed by atoms with Crippen molar-refractivity contribution in [1.82, 2.24) is 14.7 Å². The smallest absolute Gasteiger partial charge is 0.261 e. The van der Waals surface area contributed by atoms with Gasteiger partial charge < -0.3 is 29.5 Å². The zero-order valence-corrected chi connectivity index (χ0v) is 31.4. The van der Waals surface area contributed by atoms with E-state index in [1.54, 1.807) is 79.8 Å². The van der Waals surface area contributed by atoms with Crippen LogP contribution in [0.4, 0.5) is 11.4 Å². The second-order valence-electron chi connectivity index (χ2n) is 13.7. The Labute approximate surface area is 321 Å². The van der Waals surface area contributed by atoms with Crippen LogP contribution in [0.5, 0.6) is 11.5 Å². The molecule has 12 nitrogen and oxygen atoms in total. The largest absolute Gasteiger partial charge is 0.493 e. The zero-order valence-electron chi connectivity index (χ0n) is 31.4. The van der Waals surface area contributed by atoms with E-state index in [1.165, 1.54) is 9.80 Å². The summed E-state index contributed by atoms with van der Waals surface area (Å²) in [7, 11) is 3.72. The molecule has 2 heterocycles. The molecule has 286 valence electrons. The van der Waals surface area contributed by atoms with Gasteiger partial charge in [0.2, 0.25) is 5.91 Å². The van der Waals surface area contributed by atoms with Gasteiger partial charge in [-0.05, 0) is 81.3 Å². The molecule has 1 saturated heterocycles. The summed E-state index contributed by atoms with van der Waals surface area (Å²) in [6.07, 6.45) is 3.31. The molecule has 0 atom stereocenters. The van der Waals surface area contributed by atoms with E-state index in [2.05, 4.69) is 17.3 Å². The molecular formula is C43H47N5O7. The lowest BCUT2D eigenvalue weighted by atomic mass is 10.1. The molecule has 1 N–H and O–H groups in total. The third-order valence-corrected chi connectivity index (χ3v) is 9.86. The number of benzene rings is 4.